The summed E-state index contributed by atoms with van der Waals surface area (Å²) in [4.78, 5) is 23.1. The molecule has 4 rings (SSSR count). The van der Waals surface area contributed by atoms with Crippen molar-refractivity contribution in [2.24, 2.45) is 4.99 Å². The molecule has 2 fully saturated rings. The quantitative estimate of drug-likeness (QED) is 0.794. The number of nitrogens with one attached hydrogen (secondary N) is 1. The highest BCUT2D eigenvalue weighted by Gasteiger charge is 2.38. The molecule has 2 aliphatic rings. The largest absolute Gasteiger partial charge is 0.337 e. The molecule has 1 aliphatic carbocycles. The van der Waals surface area contributed by atoms with Gasteiger partial charge in [0.05, 0.1) is 12.4 Å². The Hall–Kier alpha value is -2.77. The number of imidazole rings is 1. The van der Waals surface area contributed by atoms with Gasteiger partial charge in [0, 0.05) is 31.5 Å². The fourth-order valence-electron chi connectivity index (χ4n) is 4.17. The number of rotatable bonds is 6. The van der Waals surface area contributed by atoms with Gasteiger partial charge < -0.3 is 9.47 Å². The highest BCUT2D eigenvalue weighted by Crippen LogP contribution is 2.30. The van der Waals surface area contributed by atoms with Crippen LogP contribution in [0, 0.1) is 11.6 Å². The Kier molecular flexibility index (Phi) is 5.87. The fraction of sp³-hybridized carbons (Fsp3) is 0.476. The highest BCUT2D eigenvalue weighted by atomic mass is 19.1. The molecule has 1 N–H and O–H groups in total. The Morgan fingerprint density at radius 1 is 1.10 bits per heavy atom. The summed E-state index contributed by atoms with van der Waals surface area (Å²) in [5, 5.41) is 2.86. The standard InChI is InChI=1S/C21H25F2N5O/c22-16-11-15(12-17(23)13-16)19-20(25-18-5-2-1-3-6-18)26-21(29)28(19)9-4-8-27-10-7-24-14-27/h7,10-14,18-19H,1-6,8-9H2,(H,25,26,29). The first-order chi connectivity index (χ1) is 14.1. The van der Waals surface area contributed by atoms with E-state index in [4.69, 9.17) is 4.99 Å². The summed E-state index contributed by atoms with van der Waals surface area (Å²) >= 11 is 0. The van der Waals surface area contributed by atoms with E-state index >= 15 is 0 Å². The third-order valence-electron chi connectivity index (χ3n) is 5.54. The summed E-state index contributed by atoms with van der Waals surface area (Å²) in [6.45, 7) is 1.14. The van der Waals surface area contributed by atoms with Crippen LogP contribution in [-0.4, -0.2) is 38.9 Å². The minimum absolute atomic E-state index is 0.144. The first-order valence-corrected chi connectivity index (χ1v) is 10.2. The number of hydrogen-bond acceptors (Lipinski definition) is 3. The van der Waals surface area contributed by atoms with E-state index < -0.39 is 17.7 Å². The Balaban J connectivity index is 1.59. The summed E-state index contributed by atoms with van der Waals surface area (Å²) in [5.74, 6) is -0.820. The molecular formula is C21H25F2N5O. The third-order valence-corrected chi connectivity index (χ3v) is 5.54. The Morgan fingerprint density at radius 3 is 2.55 bits per heavy atom. The van der Waals surface area contributed by atoms with Crippen LogP contribution in [0.1, 0.15) is 50.1 Å². The summed E-state index contributed by atoms with van der Waals surface area (Å²) in [6.07, 6.45) is 11.4. The minimum atomic E-state index is -0.658. The van der Waals surface area contributed by atoms with Gasteiger partial charge in [-0.1, -0.05) is 19.3 Å². The van der Waals surface area contributed by atoms with E-state index in [0.29, 0.717) is 30.9 Å². The van der Waals surface area contributed by atoms with Gasteiger partial charge in [-0.25, -0.2) is 18.6 Å². The molecule has 0 radical (unpaired) electrons. The smallest absolute Gasteiger partial charge is 0.323 e. The topological polar surface area (TPSA) is 62.5 Å². The summed E-state index contributed by atoms with van der Waals surface area (Å²) in [6, 6.07) is 2.68. The van der Waals surface area contributed by atoms with Crippen molar-refractivity contribution >= 4 is 11.9 Å². The van der Waals surface area contributed by atoms with Crippen LogP contribution in [0.4, 0.5) is 13.6 Å². The number of aryl methyl sites for hydroxylation is 1. The third kappa shape index (κ3) is 4.63. The first kappa shape index (κ1) is 19.5. The maximum absolute atomic E-state index is 13.9. The van der Waals surface area contributed by atoms with Gasteiger partial charge >= 0.3 is 6.03 Å². The van der Waals surface area contributed by atoms with E-state index in [0.717, 1.165) is 31.7 Å². The fourth-order valence-corrected chi connectivity index (χ4v) is 4.17. The van der Waals surface area contributed by atoms with Crippen LogP contribution in [0.3, 0.4) is 0 Å². The summed E-state index contributed by atoms with van der Waals surface area (Å²) < 4.78 is 29.8. The van der Waals surface area contributed by atoms with E-state index in [1.165, 1.54) is 18.6 Å². The Labute approximate surface area is 168 Å². The van der Waals surface area contributed by atoms with Crippen molar-refractivity contribution in [3.63, 3.8) is 0 Å². The van der Waals surface area contributed by atoms with Crippen LogP contribution in [0.5, 0.6) is 0 Å². The minimum Gasteiger partial charge on any atom is -0.337 e. The number of halogens is 2. The normalized spacial score (nSPS) is 21.7. The van der Waals surface area contributed by atoms with Gasteiger partial charge in [-0.05, 0) is 37.0 Å². The maximum atomic E-state index is 13.9. The van der Waals surface area contributed by atoms with Gasteiger partial charge in [0.15, 0.2) is 0 Å². The molecule has 29 heavy (non-hydrogen) atoms. The van der Waals surface area contributed by atoms with Crippen LogP contribution in [0.25, 0.3) is 0 Å². The van der Waals surface area contributed by atoms with E-state index in [1.807, 2.05) is 10.8 Å². The number of amidine groups is 1. The first-order valence-electron chi connectivity index (χ1n) is 10.2. The van der Waals surface area contributed by atoms with Gasteiger partial charge in [-0.2, -0.15) is 0 Å². The lowest BCUT2D eigenvalue weighted by molar-refractivity contribution is 0.204. The molecule has 2 aromatic rings. The molecule has 0 spiro atoms. The lowest BCUT2D eigenvalue weighted by Gasteiger charge is -2.25. The van der Waals surface area contributed by atoms with Crippen LogP contribution in [0.2, 0.25) is 0 Å². The molecule has 0 bridgehead atoms. The van der Waals surface area contributed by atoms with Crippen LogP contribution in [-0.2, 0) is 6.54 Å². The monoisotopic (exact) mass is 401 g/mol. The van der Waals surface area contributed by atoms with Crippen molar-refractivity contribution in [2.75, 3.05) is 6.54 Å². The predicted molar refractivity (Wildman–Crippen MR) is 105 cm³/mol. The molecule has 154 valence electrons. The molecule has 1 aromatic heterocycles. The van der Waals surface area contributed by atoms with E-state index in [9.17, 15) is 13.6 Å². The zero-order chi connectivity index (χ0) is 20.2. The van der Waals surface area contributed by atoms with Gasteiger partial charge in [-0.15, -0.1) is 0 Å². The summed E-state index contributed by atoms with van der Waals surface area (Å²) in [5.41, 5.74) is 0.401. The Bertz CT molecular complexity index is 857. The number of urea groups is 1. The number of benzene rings is 1. The molecule has 2 heterocycles. The van der Waals surface area contributed by atoms with Crippen molar-refractivity contribution in [3.8, 4) is 0 Å². The van der Waals surface area contributed by atoms with Crippen LogP contribution in [0.15, 0.2) is 41.9 Å². The predicted octanol–water partition coefficient (Wildman–Crippen LogP) is 4.05. The molecule has 8 heteroatoms. The van der Waals surface area contributed by atoms with Gasteiger partial charge in [0.25, 0.3) is 0 Å². The molecule has 1 aromatic carbocycles. The molecule has 1 aliphatic heterocycles. The van der Waals surface area contributed by atoms with Crippen molar-refractivity contribution in [1.29, 1.82) is 0 Å². The van der Waals surface area contributed by atoms with Gasteiger partial charge in [-0.3, -0.25) is 10.3 Å². The van der Waals surface area contributed by atoms with Crippen LogP contribution < -0.4 is 5.32 Å². The molecule has 2 amide bonds. The number of carbonyl (C=O) groups excluding carboxylic acids is 1. The number of nitrogens with zero attached hydrogens (tertiary/aromatic N) is 4. The van der Waals surface area contributed by atoms with Crippen LogP contribution >= 0.6 is 0 Å². The SMILES string of the molecule is O=C1N/C(=N/C2CCCCC2)C(c2cc(F)cc(F)c2)N1CCCn1ccnc1. The molecule has 1 saturated heterocycles. The number of hydrogen-bond donors (Lipinski definition) is 1. The van der Waals surface area contributed by atoms with Crippen molar-refractivity contribution in [2.45, 2.75) is 57.2 Å². The van der Waals surface area contributed by atoms with Crippen molar-refractivity contribution < 1.29 is 13.6 Å². The second-order valence-corrected chi connectivity index (χ2v) is 7.69. The number of aliphatic imine (C=N–C) groups is 1. The molecule has 6 nitrogen and oxygen atoms in total. The molecule has 1 unspecified atom stereocenters. The Morgan fingerprint density at radius 2 is 1.86 bits per heavy atom. The van der Waals surface area contributed by atoms with Crippen molar-refractivity contribution in [3.05, 3.63) is 54.1 Å². The average molecular weight is 401 g/mol. The van der Waals surface area contributed by atoms with Gasteiger partial charge in [0.2, 0.25) is 0 Å². The number of amides is 2. The average Bonchev–Trinajstić information content (AvgIpc) is 3.30. The summed E-state index contributed by atoms with van der Waals surface area (Å²) in [7, 11) is 0. The second-order valence-electron chi connectivity index (χ2n) is 7.69. The zero-order valence-electron chi connectivity index (χ0n) is 16.2. The van der Waals surface area contributed by atoms with Gasteiger partial charge in [0.1, 0.15) is 23.5 Å². The van der Waals surface area contributed by atoms with E-state index in [2.05, 4.69) is 10.3 Å². The van der Waals surface area contributed by atoms with Crippen molar-refractivity contribution in [1.82, 2.24) is 19.8 Å². The molecule has 1 atom stereocenters. The molecule has 1 saturated carbocycles. The molecular weight excluding hydrogens is 376 g/mol. The van der Waals surface area contributed by atoms with E-state index in [1.54, 1.807) is 17.4 Å². The number of carbonyl (C=O) groups is 1. The zero-order valence-corrected chi connectivity index (χ0v) is 16.2. The maximum Gasteiger partial charge on any atom is 0.323 e. The lowest BCUT2D eigenvalue weighted by atomic mass is 9.95. The van der Waals surface area contributed by atoms with E-state index in [-0.39, 0.29) is 12.1 Å². The second kappa shape index (κ2) is 8.71. The lowest BCUT2D eigenvalue weighted by Crippen LogP contribution is -2.31. The highest BCUT2D eigenvalue weighted by molar-refractivity contribution is 6.07. The number of aromatic nitrogens is 2.